The van der Waals surface area contributed by atoms with Crippen LogP contribution in [-0.2, 0) is 13.0 Å². The highest BCUT2D eigenvalue weighted by Gasteiger charge is 2.40. The molecule has 0 saturated carbocycles. The van der Waals surface area contributed by atoms with Gasteiger partial charge >= 0.3 is 6.18 Å². The molecule has 1 amide bonds. The molecule has 0 spiro atoms. The summed E-state index contributed by atoms with van der Waals surface area (Å²) in [5.74, 6) is -0.515. The van der Waals surface area contributed by atoms with Gasteiger partial charge in [0.2, 0.25) is 0 Å². The van der Waals surface area contributed by atoms with Gasteiger partial charge in [0.1, 0.15) is 18.1 Å². The van der Waals surface area contributed by atoms with Crippen LogP contribution in [0.1, 0.15) is 21.7 Å². The first-order chi connectivity index (χ1) is 10.4. The molecule has 1 heterocycles. The minimum Gasteiger partial charge on any atom is -0.467 e. The number of benzene rings is 1. The molecule has 1 aromatic heterocycles. The summed E-state index contributed by atoms with van der Waals surface area (Å²) in [6.07, 6.45) is -3.79. The molecule has 3 N–H and O–H groups in total. The third-order valence-electron chi connectivity index (χ3n) is 3.10. The molecular formula is C15H16ClF3N2O2. The lowest BCUT2D eigenvalue weighted by atomic mass is 10.1. The van der Waals surface area contributed by atoms with Crippen LogP contribution in [-0.4, -0.2) is 18.1 Å². The van der Waals surface area contributed by atoms with Crippen molar-refractivity contribution >= 4 is 18.3 Å². The Morgan fingerprint density at radius 2 is 1.91 bits per heavy atom. The third-order valence-corrected chi connectivity index (χ3v) is 3.10. The number of amides is 1. The van der Waals surface area contributed by atoms with Crippen LogP contribution >= 0.6 is 12.4 Å². The highest BCUT2D eigenvalue weighted by atomic mass is 35.5. The number of rotatable bonds is 5. The molecule has 0 saturated heterocycles. The van der Waals surface area contributed by atoms with Crippen molar-refractivity contribution in [1.82, 2.24) is 5.32 Å². The van der Waals surface area contributed by atoms with Crippen molar-refractivity contribution in [1.29, 1.82) is 0 Å². The first kappa shape index (κ1) is 19.1. The quantitative estimate of drug-likeness (QED) is 0.872. The van der Waals surface area contributed by atoms with Crippen molar-refractivity contribution < 1.29 is 22.4 Å². The third kappa shape index (κ3) is 5.30. The number of carbonyl (C=O) groups is 1. The van der Waals surface area contributed by atoms with Crippen LogP contribution in [0.5, 0.6) is 0 Å². The second-order valence-corrected chi connectivity index (χ2v) is 4.76. The van der Waals surface area contributed by atoms with Crippen LogP contribution in [0.25, 0.3) is 0 Å². The van der Waals surface area contributed by atoms with Crippen molar-refractivity contribution in [2.75, 3.05) is 0 Å². The molecule has 4 nitrogen and oxygen atoms in total. The maximum absolute atomic E-state index is 13.1. The second-order valence-electron chi connectivity index (χ2n) is 4.76. The van der Waals surface area contributed by atoms with Crippen molar-refractivity contribution in [3.05, 3.63) is 59.5 Å². The van der Waals surface area contributed by atoms with Crippen LogP contribution in [0, 0.1) is 0 Å². The summed E-state index contributed by atoms with van der Waals surface area (Å²) in [5, 5.41) is 1.99. The minimum absolute atomic E-state index is 0. The molecule has 2 aromatic rings. The molecule has 1 unspecified atom stereocenters. The number of hydrogen-bond donors (Lipinski definition) is 2. The Labute approximate surface area is 137 Å². The molecule has 0 aliphatic heterocycles. The Hall–Kier alpha value is -1.99. The number of carbonyl (C=O) groups excluding carboxylic acids is 1. The summed E-state index contributed by atoms with van der Waals surface area (Å²) in [7, 11) is 0. The molecule has 23 heavy (non-hydrogen) atoms. The zero-order valence-electron chi connectivity index (χ0n) is 12.0. The predicted octanol–water partition coefficient (Wildman–Crippen LogP) is 3.06. The van der Waals surface area contributed by atoms with Gasteiger partial charge in [-0.1, -0.05) is 30.3 Å². The number of nitrogens with two attached hydrogens (primary N) is 1. The molecule has 1 atom stereocenters. The van der Waals surface area contributed by atoms with Crippen molar-refractivity contribution in [2.24, 2.45) is 5.73 Å². The Morgan fingerprint density at radius 1 is 1.26 bits per heavy atom. The van der Waals surface area contributed by atoms with E-state index in [1.807, 2.05) is 5.32 Å². The Balaban J connectivity index is 0.00000264. The number of alkyl halides is 3. The van der Waals surface area contributed by atoms with Crippen LogP contribution in [0.4, 0.5) is 13.2 Å². The standard InChI is InChI=1S/C15H15F3N2O2.ClH/c16-15(17,18)13(6-10-4-2-1-3-5-10)20-14(21)11-7-12(8-19)22-9-11;/h1-5,7,9,13H,6,8,19H2,(H,20,21);1H. The molecule has 1 aromatic carbocycles. The normalized spacial score (nSPS) is 12.3. The Bertz CT molecular complexity index is 629. The van der Waals surface area contributed by atoms with Crippen LogP contribution in [0.15, 0.2) is 47.1 Å². The lowest BCUT2D eigenvalue weighted by molar-refractivity contribution is -0.153. The first-order valence-corrected chi connectivity index (χ1v) is 6.59. The topological polar surface area (TPSA) is 68.3 Å². The zero-order valence-corrected chi connectivity index (χ0v) is 12.8. The van der Waals surface area contributed by atoms with Crippen LogP contribution in [0.3, 0.4) is 0 Å². The predicted molar refractivity (Wildman–Crippen MR) is 81.3 cm³/mol. The summed E-state index contributed by atoms with van der Waals surface area (Å²) in [4.78, 5) is 11.9. The van der Waals surface area contributed by atoms with Gasteiger partial charge in [-0.15, -0.1) is 12.4 Å². The molecule has 0 aliphatic carbocycles. The van der Waals surface area contributed by atoms with E-state index in [9.17, 15) is 18.0 Å². The minimum atomic E-state index is -4.55. The van der Waals surface area contributed by atoms with Gasteiger partial charge in [-0.05, 0) is 11.6 Å². The molecule has 0 bridgehead atoms. The number of halogens is 4. The van der Waals surface area contributed by atoms with Crippen molar-refractivity contribution in [3.63, 3.8) is 0 Å². The maximum atomic E-state index is 13.1. The van der Waals surface area contributed by atoms with E-state index >= 15 is 0 Å². The van der Waals surface area contributed by atoms with Gasteiger partial charge in [-0.25, -0.2) is 0 Å². The van der Waals surface area contributed by atoms with Gasteiger partial charge < -0.3 is 15.5 Å². The van der Waals surface area contributed by atoms with E-state index in [-0.39, 0.29) is 30.9 Å². The van der Waals surface area contributed by atoms with E-state index in [0.29, 0.717) is 11.3 Å². The average molecular weight is 349 g/mol. The molecule has 126 valence electrons. The van der Waals surface area contributed by atoms with Gasteiger partial charge in [-0.2, -0.15) is 13.2 Å². The maximum Gasteiger partial charge on any atom is 0.408 e. The summed E-state index contributed by atoms with van der Waals surface area (Å²) < 4.78 is 44.2. The van der Waals surface area contributed by atoms with Gasteiger partial charge in [0, 0.05) is 6.42 Å². The smallest absolute Gasteiger partial charge is 0.408 e. The van der Waals surface area contributed by atoms with E-state index in [2.05, 4.69) is 0 Å². The van der Waals surface area contributed by atoms with E-state index in [4.69, 9.17) is 10.2 Å². The second kappa shape index (κ2) is 8.03. The molecule has 0 radical (unpaired) electrons. The average Bonchev–Trinajstić information content (AvgIpc) is 2.95. The first-order valence-electron chi connectivity index (χ1n) is 6.59. The fourth-order valence-electron chi connectivity index (χ4n) is 1.95. The van der Waals surface area contributed by atoms with Gasteiger partial charge in [0.25, 0.3) is 5.91 Å². The fraction of sp³-hybridized carbons (Fsp3) is 0.267. The number of furan rings is 1. The van der Waals surface area contributed by atoms with E-state index in [0.717, 1.165) is 6.26 Å². The fourth-order valence-corrected chi connectivity index (χ4v) is 1.95. The molecular weight excluding hydrogens is 333 g/mol. The highest BCUT2D eigenvalue weighted by molar-refractivity contribution is 5.94. The monoisotopic (exact) mass is 348 g/mol. The van der Waals surface area contributed by atoms with Crippen LogP contribution < -0.4 is 11.1 Å². The van der Waals surface area contributed by atoms with Gasteiger partial charge in [-0.3, -0.25) is 4.79 Å². The van der Waals surface area contributed by atoms with Gasteiger partial charge in [0.05, 0.1) is 12.1 Å². The van der Waals surface area contributed by atoms with E-state index < -0.39 is 18.1 Å². The Kier molecular flexibility index (Phi) is 6.65. The lowest BCUT2D eigenvalue weighted by Gasteiger charge is -2.21. The summed E-state index contributed by atoms with van der Waals surface area (Å²) in [5.41, 5.74) is 5.83. The Morgan fingerprint density at radius 3 is 2.43 bits per heavy atom. The summed E-state index contributed by atoms with van der Waals surface area (Å²) >= 11 is 0. The van der Waals surface area contributed by atoms with Gasteiger partial charge in [0.15, 0.2) is 0 Å². The molecule has 0 aliphatic rings. The van der Waals surface area contributed by atoms with E-state index in [1.54, 1.807) is 30.3 Å². The van der Waals surface area contributed by atoms with Crippen molar-refractivity contribution in [3.8, 4) is 0 Å². The SMILES string of the molecule is Cl.NCc1cc(C(=O)NC(Cc2ccccc2)C(F)(F)F)co1. The molecule has 0 fully saturated rings. The zero-order chi connectivity index (χ0) is 16.2. The van der Waals surface area contributed by atoms with Crippen LogP contribution in [0.2, 0.25) is 0 Å². The molecule has 8 heteroatoms. The number of nitrogens with one attached hydrogen (secondary N) is 1. The largest absolute Gasteiger partial charge is 0.467 e. The van der Waals surface area contributed by atoms with Crippen molar-refractivity contribution in [2.45, 2.75) is 25.2 Å². The summed E-state index contributed by atoms with van der Waals surface area (Å²) in [6.45, 7) is 0.0694. The lowest BCUT2D eigenvalue weighted by Crippen LogP contribution is -2.46. The molecule has 2 rings (SSSR count). The number of hydrogen-bond acceptors (Lipinski definition) is 3. The van der Waals surface area contributed by atoms with E-state index in [1.165, 1.54) is 6.07 Å². The highest BCUT2D eigenvalue weighted by Crippen LogP contribution is 2.24. The summed E-state index contributed by atoms with van der Waals surface area (Å²) in [6, 6.07) is 7.52.